The van der Waals surface area contributed by atoms with Gasteiger partial charge in [-0.15, -0.1) is 0 Å². The van der Waals surface area contributed by atoms with E-state index >= 15 is 0 Å². The molecule has 1 aromatic rings. The second-order valence-electron chi connectivity index (χ2n) is 4.00. The molecule has 2 N–H and O–H groups in total. The Balaban J connectivity index is 2.21. The normalized spacial score (nSPS) is 20.9. The van der Waals surface area contributed by atoms with E-state index in [4.69, 9.17) is 11.6 Å². The van der Waals surface area contributed by atoms with E-state index in [1.807, 2.05) is 6.92 Å². The fourth-order valence-corrected chi connectivity index (χ4v) is 1.94. The van der Waals surface area contributed by atoms with Crippen LogP contribution in [0.2, 0.25) is 5.02 Å². The highest BCUT2D eigenvalue weighted by atomic mass is 35.5. The van der Waals surface area contributed by atoms with Gasteiger partial charge in [0, 0.05) is 11.6 Å². The Morgan fingerprint density at radius 1 is 1.44 bits per heavy atom. The highest BCUT2D eigenvalue weighted by Gasteiger charge is 2.29. The van der Waals surface area contributed by atoms with Crippen LogP contribution in [0.4, 0.5) is 4.39 Å². The molecule has 0 radical (unpaired) electrons. The number of hydrogen-bond donors (Lipinski definition) is 2. The summed E-state index contributed by atoms with van der Waals surface area (Å²) in [5.74, 6) is -0.301. The molecule has 6 heteroatoms. The van der Waals surface area contributed by atoms with Crippen LogP contribution in [0, 0.1) is 5.82 Å². The molecule has 4 nitrogen and oxygen atoms in total. The number of nitrogens with zero attached hydrogens (tertiary/aromatic N) is 1. The Kier molecular flexibility index (Phi) is 3.81. The van der Waals surface area contributed by atoms with Crippen molar-refractivity contribution in [2.45, 2.75) is 19.4 Å². The quantitative estimate of drug-likeness (QED) is 0.882. The maximum absolute atomic E-state index is 13.2. The van der Waals surface area contributed by atoms with E-state index < -0.39 is 11.9 Å². The van der Waals surface area contributed by atoms with Gasteiger partial charge in [-0.2, -0.15) is 0 Å². The molecule has 0 spiro atoms. The molecule has 1 aliphatic rings. The van der Waals surface area contributed by atoms with Gasteiger partial charge in [0.15, 0.2) is 5.96 Å². The predicted octanol–water partition coefficient (Wildman–Crippen LogP) is 2.01. The van der Waals surface area contributed by atoms with Crippen molar-refractivity contribution in [1.82, 2.24) is 10.6 Å². The summed E-state index contributed by atoms with van der Waals surface area (Å²) in [6, 6.07) is 3.40. The number of carbonyl (C=O) groups is 1. The third-order valence-corrected chi connectivity index (χ3v) is 2.71. The third-order valence-electron chi connectivity index (χ3n) is 2.50. The zero-order valence-corrected chi connectivity index (χ0v) is 10.6. The standard InChI is InChI=1S/C12H13ClFN3O/c1-2-3-15-12-16-10(11(18)17-12)7-4-8(13)6-9(14)5-7/h4-6,10H,2-3H2,1H3,(H2,15,16,17,18). The summed E-state index contributed by atoms with van der Waals surface area (Å²) >= 11 is 5.77. The molecule has 1 amide bonds. The van der Waals surface area contributed by atoms with Crippen LogP contribution in [0.3, 0.4) is 0 Å². The molecular formula is C12H13ClFN3O. The molecule has 18 heavy (non-hydrogen) atoms. The lowest BCUT2D eigenvalue weighted by molar-refractivity contribution is -0.120. The minimum Gasteiger partial charge on any atom is -0.340 e. The third kappa shape index (κ3) is 2.79. The van der Waals surface area contributed by atoms with Crippen LogP contribution in [0.1, 0.15) is 24.9 Å². The first-order valence-corrected chi connectivity index (χ1v) is 6.06. The smallest absolute Gasteiger partial charge is 0.253 e. The molecule has 0 bridgehead atoms. The van der Waals surface area contributed by atoms with Crippen molar-refractivity contribution >= 4 is 23.5 Å². The molecule has 2 rings (SSSR count). The Morgan fingerprint density at radius 2 is 2.22 bits per heavy atom. The number of benzene rings is 1. The van der Waals surface area contributed by atoms with Gasteiger partial charge in [0.2, 0.25) is 0 Å². The Morgan fingerprint density at radius 3 is 2.89 bits per heavy atom. The van der Waals surface area contributed by atoms with E-state index in [-0.39, 0.29) is 10.9 Å². The van der Waals surface area contributed by atoms with Crippen molar-refractivity contribution in [1.29, 1.82) is 0 Å². The molecule has 1 saturated heterocycles. The minimum atomic E-state index is -0.645. The van der Waals surface area contributed by atoms with Crippen LogP contribution in [-0.2, 0) is 4.79 Å². The van der Waals surface area contributed by atoms with Crippen LogP contribution in [-0.4, -0.2) is 18.4 Å². The number of guanidine groups is 1. The molecule has 0 aromatic heterocycles. The summed E-state index contributed by atoms with van der Waals surface area (Å²) in [4.78, 5) is 15.9. The lowest BCUT2D eigenvalue weighted by atomic mass is 10.1. The highest BCUT2D eigenvalue weighted by Crippen LogP contribution is 2.22. The van der Waals surface area contributed by atoms with Crippen LogP contribution in [0.25, 0.3) is 0 Å². The molecule has 1 aliphatic heterocycles. The first-order chi connectivity index (χ1) is 8.60. The first kappa shape index (κ1) is 12.8. The van der Waals surface area contributed by atoms with Crippen molar-refractivity contribution in [2.75, 3.05) is 6.54 Å². The lowest BCUT2D eigenvalue weighted by Crippen LogP contribution is -2.25. The van der Waals surface area contributed by atoms with Gasteiger partial charge in [-0.3, -0.25) is 15.1 Å². The minimum absolute atomic E-state index is 0.258. The van der Waals surface area contributed by atoms with Crippen LogP contribution >= 0.6 is 11.6 Å². The Bertz CT molecular complexity index is 484. The van der Waals surface area contributed by atoms with Gasteiger partial charge in [0.05, 0.1) is 0 Å². The van der Waals surface area contributed by atoms with Gasteiger partial charge in [0.25, 0.3) is 5.91 Å². The molecule has 1 aromatic carbocycles. The highest BCUT2D eigenvalue weighted by molar-refractivity contribution is 6.30. The fraction of sp³-hybridized carbons (Fsp3) is 0.333. The van der Waals surface area contributed by atoms with Gasteiger partial charge < -0.3 is 5.32 Å². The maximum Gasteiger partial charge on any atom is 0.253 e. The number of carbonyl (C=O) groups excluding carboxylic acids is 1. The van der Waals surface area contributed by atoms with Crippen molar-refractivity contribution < 1.29 is 9.18 Å². The number of aliphatic imine (C=N–C) groups is 1. The number of hydrogen-bond acceptors (Lipinski definition) is 2. The van der Waals surface area contributed by atoms with E-state index in [1.165, 1.54) is 12.1 Å². The monoisotopic (exact) mass is 269 g/mol. The molecule has 96 valence electrons. The first-order valence-electron chi connectivity index (χ1n) is 5.68. The summed E-state index contributed by atoms with van der Waals surface area (Å²) in [6.07, 6.45) is 0.886. The van der Waals surface area contributed by atoms with Crippen LogP contribution in [0.5, 0.6) is 0 Å². The zero-order valence-electron chi connectivity index (χ0n) is 9.84. The van der Waals surface area contributed by atoms with E-state index in [2.05, 4.69) is 15.6 Å². The lowest BCUT2D eigenvalue weighted by Gasteiger charge is -2.08. The number of amides is 1. The summed E-state index contributed by atoms with van der Waals surface area (Å²) in [5, 5.41) is 5.78. The van der Waals surface area contributed by atoms with Gasteiger partial charge in [0.1, 0.15) is 11.9 Å². The molecule has 0 aliphatic carbocycles. The molecular weight excluding hydrogens is 257 g/mol. The summed E-state index contributed by atoms with van der Waals surface area (Å²) in [6.45, 7) is 2.61. The topological polar surface area (TPSA) is 53.5 Å². The Hall–Kier alpha value is -1.62. The van der Waals surface area contributed by atoms with Crippen LogP contribution in [0.15, 0.2) is 23.2 Å². The molecule has 1 unspecified atom stereocenters. The average molecular weight is 270 g/mol. The van der Waals surface area contributed by atoms with Crippen LogP contribution < -0.4 is 10.6 Å². The second-order valence-corrected chi connectivity index (χ2v) is 4.44. The molecule has 1 atom stereocenters. The molecule has 1 heterocycles. The van der Waals surface area contributed by atoms with E-state index in [9.17, 15) is 9.18 Å². The van der Waals surface area contributed by atoms with Gasteiger partial charge in [-0.1, -0.05) is 18.5 Å². The van der Waals surface area contributed by atoms with Gasteiger partial charge in [-0.25, -0.2) is 4.39 Å². The van der Waals surface area contributed by atoms with E-state index in [0.29, 0.717) is 18.1 Å². The van der Waals surface area contributed by atoms with Gasteiger partial charge >= 0.3 is 0 Å². The van der Waals surface area contributed by atoms with E-state index in [1.54, 1.807) is 6.07 Å². The maximum atomic E-state index is 13.2. The zero-order chi connectivity index (χ0) is 13.1. The number of rotatable bonds is 3. The number of nitrogens with one attached hydrogen (secondary N) is 2. The largest absolute Gasteiger partial charge is 0.340 e. The number of halogens is 2. The average Bonchev–Trinajstić information content (AvgIpc) is 2.66. The Labute approximate surface area is 109 Å². The van der Waals surface area contributed by atoms with Crippen molar-refractivity contribution in [3.8, 4) is 0 Å². The van der Waals surface area contributed by atoms with Crippen molar-refractivity contribution in [2.24, 2.45) is 4.99 Å². The summed E-state index contributed by atoms with van der Waals surface area (Å²) in [7, 11) is 0. The summed E-state index contributed by atoms with van der Waals surface area (Å²) in [5.41, 5.74) is 0.485. The second kappa shape index (κ2) is 5.35. The molecule has 0 saturated carbocycles. The SMILES string of the molecule is CCCN=C1NC(=O)C(c2cc(F)cc(Cl)c2)N1. The van der Waals surface area contributed by atoms with Gasteiger partial charge in [-0.05, 0) is 30.2 Å². The fourth-order valence-electron chi connectivity index (χ4n) is 1.71. The summed E-state index contributed by atoms with van der Waals surface area (Å²) < 4.78 is 13.2. The van der Waals surface area contributed by atoms with Crippen molar-refractivity contribution in [3.63, 3.8) is 0 Å². The predicted molar refractivity (Wildman–Crippen MR) is 68.0 cm³/mol. The van der Waals surface area contributed by atoms with Crippen molar-refractivity contribution in [3.05, 3.63) is 34.6 Å². The van der Waals surface area contributed by atoms with E-state index in [0.717, 1.165) is 6.42 Å². The molecule has 1 fully saturated rings.